The maximum absolute atomic E-state index is 12.9. The van der Waals surface area contributed by atoms with Gasteiger partial charge in [0.05, 0.1) is 12.7 Å². The Labute approximate surface area is 143 Å². The van der Waals surface area contributed by atoms with Gasteiger partial charge in [-0.3, -0.25) is 10.2 Å². The number of hydrogen-bond donors (Lipinski definition) is 2. The predicted molar refractivity (Wildman–Crippen MR) is 87.2 cm³/mol. The quantitative estimate of drug-likeness (QED) is 0.372. The van der Waals surface area contributed by atoms with Crippen molar-refractivity contribution < 1.29 is 27.8 Å². The maximum Gasteiger partial charge on any atom is 0.416 e. The number of ether oxygens (including phenoxy) is 1. The molecule has 1 aromatic carbocycles. The second-order valence-electron chi connectivity index (χ2n) is 5.79. The smallest absolute Gasteiger partial charge is 0.416 e. The molecule has 0 radical (unpaired) electrons. The second kappa shape index (κ2) is 7.58. The van der Waals surface area contributed by atoms with Gasteiger partial charge in [0.1, 0.15) is 5.76 Å². The second-order valence-corrected chi connectivity index (χ2v) is 5.79. The number of nitrogens with one attached hydrogen (secondary N) is 1. The fourth-order valence-corrected chi connectivity index (χ4v) is 2.82. The van der Waals surface area contributed by atoms with Crippen LogP contribution < -0.4 is 4.90 Å². The van der Waals surface area contributed by atoms with Crippen molar-refractivity contribution in [3.05, 3.63) is 41.2 Å². The van der Waals surface area contributed by atoms with E-state index in [1.807, 2.05) is 0 Å². The number of methoxy groups -OCH3 is 1. The summed E-state index contributed by atoms with van der Waals surface area (Å²) in [5.41, 5.74) is -0.352. The Balaban J connectivity index is 2.16. The highest BCUT2D eigenvalue weighted by Crippen LogP contribution is 2.35. The highest BCUT2D eigenvalue weighted by Gasteiger charge is 2.32. The number of alkyl halides is 3. The van der Waals surface area contributed by atoms with Gasteiger partial charge in [-0.1, -0.05) is 0 Å². The molecule has 1 heterocycles. The van der Waals surface area contributed by atoms with E-state index in [-0.39, 0.29) is 28.8 Å². The van der Waals surface area contributed by atoms with Crippen LogP contribution in [0.2, 0.25) is 0 Å². The largest absolute Gasteiger partial charge is 0.512 e. The van der Waals surface area contributed by atoms with Crippen LogP contribution in [-0.2, 0) is 10.9 Å². The van der Waals surface area contributed by atoms with Crippen LogP contribution in [0.25, 0.3) is 0 Å². The van der Waals surface area contributed by atoms with Crippen molar-refractivity contribution in [3.8, 4) is 0 Å². The van der Waals surface area contributed by atoms with E-state index < -0.39 is 11.7 Å². The molecule has 0 aliphatic carbocycles. The van der Waals surface area contributed by atoms with Crippen LogP contribution in [0.5, 0.6) is 0 Å². The van der Waals surface area contributed by atoms with Crippen molar-refractivity contribution in [1.29, 1.82) is 5.41 Å². The van der Waals surface area contributed by atoms with Crippen LogP contribution in [0.3, 0.4) is 0 Å². The Morgan fingerprint density at radius 1 is 1.36 bits per heavy atom. The molecular weight excluding hydrogens is 337 g/mol. The molecule has 8 heteroatoms. The minimum Gasteiger partial charge on any atom is -0.512 e. The molecule has 0 saturated carbocycles. The van der Waals surface area contributed by atoms with Crippen molar-refractivity contribution in [2.24, 2.45) is 5.92 Å². The zero-order valence-corrected chi connectivity index (χ0v) is 13.6. The van der Waals surface area contributed by atoms with Gasteiger partial charge >= 0.3 is 6.18 Å². The molecule has 136 valence electrons. The van der Waals surface area contributed by atoms with Crippen molar-refractivity contribution in [2.75, 3.05) is 25.1 Å². The lowest BCUT2D eigenvalue weighted by atomic mass is 9.93. The lowest BCUT2D eigenvalue weighted by Crippen LogP contribution is -2.35. The molecule has 5 nitrogen and oxygen atoms in total. The Hall–Kier alpha value is -2.51. The molecule has 1 saturated heterocycles. The Kier molecular flexibility index (Phi) is 5.71. The number of hydrogen-bond acceptors (Lipinski definition) is 5. The molecule has 0 atom stereocenters. The van der Waals surface area contributed by atoms with Crippen molar-refractivity contribution in [3.63, 3.8) is 0 Å². The molecule has 1 aliphatic rings. The van der Waals surface area contributed by atoms with E-state index in [1.165, 1.54) is 19.3 Å². The average molecular weight is 356 g/mol. The monoisotopic (exact) mass is 356 g/mol. The summed E-state index contributed by atoms with van der Waals surface area (Å²) in [5.74, 6) is -0.343. The van der Waals surface area contributed by atoms with Crippen LogP contribution in [0, 0.1) is 11.3 Å². The summed E-state index contributed by atoms with van der Waals surface area (Å²) in [5, 5.41) is 17.4. The van der Waals surface area contributed by atoms with Crippen LogP contribution >= 0.6 is 0 Å². The Bertz CT molecular complexity index is 678. The number of halogens is 3. The molecule has 0 spiro atoms. The van der Waals surface area contributed by atoms with Crippen LogP contribution in [0.4, 0.5) is 18.9 Å². The number of aliphatic hydroxyl groups excluding tert-OH is 1. The fourth-order valence-electron chi connectivity index (χ4n) is 2.82. The van der Waals surface area contributed by atoms with E-state index in [1.54, 1.807) is 4.90 Å². The lowest BCUT2D eigenvalue weighted by Gasteiger charge is -2.34. The third-order valence-corrected chi connectivity index (χ3v) is 4.24. The fraction of sp³-hybridized carbons (Fsp3) is 0.412. The summed E-state index contributed by atoms with van der Waals surface area (Å²) in [4.78, 5) is 12.9. The minimum absolute atomic E-state index is 0.0196. The van der Waals surface area contributed by atoms with E-state index in [4.69, 9.17) is 5.41 Å². The number of aliphatic hydroxyl groups is 1. The Morgan fingerprint density at radius 2 is 2.00 bits per heavy atom. The highest BCUT2D eigenvalue weighted by molar-refractivity contribution is 5.85. The number of anilines is 1. The lowest BCUT2D eigenvalue weighted by molar-refractivity contribution is -0.137. The summed E-state index contributed by atoms with van der Waals surface area (Å²) >= 11 is 0. The zero-order valence-electron chi connectivity index (χ0n) is 13.6. The summed E-state index contributed by atoms with van der Waals surface area (Å²) in [6.07, 6.45) is -1.72. The first-order valence-corrected chi connectivity index (χ1v) is 7.70. The molecule has 0 unspecified atom stereocenters. The van der Waals surface area contributed by atoms with Gasteiger partial charge < -0.3 is 14.7 Å². The molecule has 1 aliphatic heterocycles. The summed E-state index contributed by atoms with van der Waals surface area (Å²) in [6, 6.07) is 3.06. The van der Waals surface area contributed by atoms with Crippen molar-refractivity contribution >= 4 is 17.9 Å². The van der Waals surface area contributed by atoms with Gasteiger partial charge in [-0.25, -0.2) is 0 Å². The molecule has 2 rings (SSSR count). The topological polar surface area (TPSA) is 73.6 Å². The summed E-state index contributed by atoms with van der Waals surface area (Å²) < 4.78 is 43.4. The van der Waals surface area contributed by atoms with Gasteiger partial charge in [-0.15, -0.1) is 0 Å². The average Bonchev–Trinajstić information content (AvgIpc) is 2.60. The number of rotatable bonds is 4. The van der Waals surface area contributed by atoms with E-state index in [0.29, 0.717) is 32.2 Å². The van der Waals surface area contributed by atoms with Crippen LogP contribution in [-0.4, -0.2) is 37.5 Å². The molecule has 0 amide bonds. The number of aldehydes is 1. The molecule has 1 aromatic rings. The van der Waals surface area contributed by atoms with Crippen LogP contribution in [0.1, 0.15) is 28.8 Å². The van der Waals surface area contributed by atoms with E-state index in [9.17, 15) is 23.1 Å². The standard InChI is InChI=1S/C17H19F3N2O3/c1-25-16(21)9-15(24)11-4-6-22(7-5-11)14-8-13(17(18,19)20)3-2-12(14)10-23/h2-3,8-11,21,24H,4-7H2,1H3/b15-9-,21-16?. The van der Waals surface area contributed by atoms with Gasteiger partial charge in [-0.2, -0.15) is 13.2 Å². The van der Waals surface area contributed by atoms with E-state index in [0.717, 1.165) is 12.1 Å². The number of piperidine rings is 1. The SMILES string of the molecule is COC(=N)/C=C(\O)C1CCN(c2cc(C(F)(F)F)ccc2C=O)CC1. The number of nitrogens with zero attached hydrogens (tertiary/aromatic N) is 1. The third kappa shape index (κ3) is 4.52. The van der Waals surface area contributed by atoms with E-state index in [2.05, 4.69) is 4.74 Å². The maximum atomic E-state index is 12.9. The number of allylic oxidation sites excluding steroid dienone is 1. The summed E-state index contributed by atoms with van der Waals surface area (Å²) in [6.45, 7) is 0.788. The van der Waals surface area contributed by atoms with Gasteiger partial charge in [-0.05, 0) is 31.0 Å². The van der Waals surface area contributed by atoms with Gasteiger partial charge in [0.15, 0.2) is 6.29 Å². The number of benzene rings is 1. The molecule has 0 bridgehead atoms. The number of carbonyl (C=O) groups excluding carboxylic acids is 1. The highest BCUT2D eigenvalue weighted by atomic mass is 19.4. The van der Waals surface area contributed by atoms with Gasteiger partial charge in [0.2, 0.25) is 5.90 Å². The zero-order chi connectivity index (χ0) is 18.6. The number of carbonyl (C=O) groups is 1. The first-order valence-electron chi connectivity index (χ1n) is 7.70. The first-order chi connectivity index (χ1) is 11.8. The van der Waals surface area contributed by atoms with Crippen LogP contribution in [0.15, 0.2) is 30.0 Å². The van der Waals surface area contributed by atoms with Crippen molar-refractivity contribution in [2.45, 2.75) is 19.0 Å². The molecule has 2 N–H and O–H groups in total. The molecular formula is C17H19F3N2O3. The van der Waals surface area contributed by atoms with Gasteiger partial charge in [0, 0.05) is 36.3 Å². The van der Waals surface area contributed by atoms with E-state index >= 15 is 0 Å². The normalized spacial score (nSPS) is 16.6. The minimum atomic E-state index is -4.48. The first kappa shape index (κ1) is 18.8. The molecule has 0 aromatic heterocycles. The third-order valence-electron chi connectivity index (χ3n) is 4.24. The summed E-state index contributed by atoms with van der Waals surface area (Å²) in [7, 11) is 1.32. The predicted octanol–water partition coefficient (Wildman–Crippen LogP) is 3.80. The van der Waals surface area contributed by atoms with Crippen molar-refractivity contribution in [1.82, 2.24) is 0 Å². The molecule has 1 fully saturated rings. The van der Waals surface area contributed by atoms with Gasteiger partial charge in [0.25, 0.3) is 0 Å². The molecule has 25 heavy (non-hydrogen) atoms. The Morgan fingerprint density at radius 3 is 2.52 bits per heavy atom.